The number of pyridine rings is 1. The third kappa shape index (κ3) is 9.61. The Labute approximate surface area is 356 Å². The number of hydrogen-bond donors (Lipinski definition) is 1. The van der Waals surface area contributed by atoms with E-state index in [9.17, 15) is 31.6 Å². The molecule has 12 nitrogen and oxygen atoms in total. The average Bonchev–Trinajstić information content (AvgIpc) is 4.01. The van der Waals surface area contributed by atoms with E-state index in [-0.39, 0.29) is 49.6 Å². The fourth-order valence-corrected chi connectivity index (χ4v) is 9.98. The van der Waals surface area contributed by atoms with Crippen molar-refractivity contribution < 1.29 is 50.6 Å². The van der Waals surface area contributed by atoms with Gasteiger partial charge in [0.15, 0.2) is 11.4 Å². The molecule has 3 heterocycles. The van der Waals surface area contributed by atoms with Crippen molar-refractivity contribution in [3.8, 4) is 11.8 Å². The van der Waals surface area contributed by atoms with Crippen molar-refractivity contribution >= 4 is 56.0 Å². The number of rotatable bonds is 11. The number of fused-ring (bicyclic) bond motifs is 3. The van der Waals surface area contributed by atoms with Crippen LogP contribution in [0.3, 0.4) is 0 Å². The molecule has 1 aromatic heterocycles. The molecular weight excluding hydrogens is 820 g/mol. The van der Waals surface area contributed by atoms with E-state index in [1.807, 2.05) is 39.8 Å². The summed E-state index contributed by atoms with van der Waals surface area (Å²) in [6, 6.07) is 5.79. The lowest BCUT2D eigenvalue weighted by molar-refractivity contribution is -0.197. The highest BCUT2D eigenvalue weighted by molar-refractivity contribution is 7.91. The Balaban J connectivity index is 1.38. The van der Waals surface area contributed by atoms with Gasteiger partial charge in [0.25, 0.3) is 5.92 Å². The van der Waals surface area contributed by atoms with Crippen molar-refractivity contribution in [2.75, 3.05) is 6.54 Å². The molecule has 6 rings (SSSR count). The van der Waals surface area contributed by atoms with Crippen LogP contribution in [0.4, 0.5) is 8.78 Å². The zero-order valence-corrected chi connectivity index (χ0v) is 37.3. The van der Waals surface area contributed by atoms with Gasteiger partial charge in [-0.15, -0.1) is 0 Å². The molecule has 0 spiro atoms. The molecule has 7 atom stereocenters. The summed E-state index contributed by atoms with van der Waals surface area (Å²) in [5.74, 6) is -7.58. The molecule has 330 valence electrons. The van der Waals surface area contributed by atoms with Gasteiger partial charge < -0.3 is 19.1 Å². The molecule has 0 radical (unpaired) electrons. The number of nitrogens with zero attached hydrogens (tertiary/aromatic N) is 2. The number of nitrogens with one attached hydrogen (secondary N) is 1. The zero-order chi connectivity index (χ0) is 44.2. The maximum Gasteiger partial charge on any atom is 0.307 e. The molecular formula is C44H58ClF2N3O9S. The fraction of sp³-hybridized carbons (Fsp3) is 0.659. The van der Waals surface area contributed by atoms with Gasteiger partial charge in [-0.3, -0.25) is 23.9 Å². The normalized spacial score (nSPS) is 29.2. The second-order valence-electron chi connectivity index (χ2n) is 18.8. The van der Waals surface area contributed by atoms with Crippen molar-refractivity contribution in [1.82, 2.24) is 14.6 Å². The average molecular weight is 878 g/mol. The zero-order valence-electron chi connectivity index (χ0n) is 35.7. The van der Waals surface area contributed by atoms with Gasteiger partial charge in [0.1, 0.15) is 6.10 Å². The van der Waals surface area contributed by atoms with Gasteiger partial charge in [-0.05, 0) is 103 Å². The quantitative estimate of drug-likeness (QED) is 0.173. The van der Waals surface area contributed by atoms with Crippen LogP contribution in [0, 0.1) is 29.1 Å². The second-order valence-corrected chi connectivity index (χ2v) is 21.4. The summed E-state index contributed by atoms with van der Waals surface area (Å²) in [5.41, 5.74) is -3.52. The number of sulfonamides is 1. The molecule has 0 unspecified atom stereocenters. The van der Waals surface area contributed by atoms with Gasteiger partial charge in [-0.2, -0.15) is 4.98 Å². The largest absolute Gasteiger partial charge is 0.475 e. The van der Waals surface area contributed by atoms with E-state index >= 15 is 4.79 Å². The number of alkyl halides is 2. The Morgan fingerprint density at radius 1 is 1.10 bits per heavy atom. The van der Waals surface area contributed by atoms with Gasteiger partial charge in [-0.25, -0.2) is 17.2 Å². The van der Waals surface area contributed by atoms with E-state index in [2.05, 4.69) is 9.71 Å². The van der Waals surface area contributed by atoms with E-state index < -0.39 is 91.6 Å². The number of amides is 2. The molecule has 1 saturated heterocycles. The van der Waals surface area contributed by atoms with Crippen molar-refractivity contribution in [1.29, 1.82) is 0 Å². The number of Topliss-reactive ketones (excluding diaryl/α,β-unsaturated/α-hetero) is 1. The Kier molecular flexibility index (Phi) is 12.8. The maximum absolute atomic E-state index is 15.0. The summed E-state index contributed by atoms with van der Waals surface area (Å²) < 4.78 is 74.5. The van der Waals surface area contributed by atoms with Crippen LogP contribution in [0.2, 0.25) is 5.02 Å². The number of carbonyl (C=O) groups excluding carboxylic acids is 4. The van der Waals surface area contributed by atoms with Crippen molar-refractivity contribution in [3.05, 3.63) is 41.4 Å². The minimum atomic E-state index is -4.02. The molecule has 2 saturated carbocycles. The minimum Gasteiger partial charge on any atom is -0.475 e. The first-order chi connectivity index (χ1) is 27.9. The predicted octanol–water partition coefficient (Wildman–Crippen LogP) is 7.98. The summed E-state index contributed by atoms with van der Waals surface area (Å²) in [6.45, 7) is 11.9. The summed E-state index contributed by atoms with van der Waals surface area (Å²) in [6.07, 6.45) is 4.79. The first-order valence-corrected chi connectivity index (χ1v) is 22.8. The molecule has 4 aliphatic rings. The number of hydrogen-bond acceptors (Lipinski definition) is 10. The SMILES string of the molecule is CC(C)Oc1cc2c(Cl)cccc2c(O[C@@H]2C[C@H]3C(=O)C[C@]4(C(=O)NS(=O)(=O)C5(C)CC5)C[C@H]4/C=C\CC[C@@H](C)C[C@@H](C)[C@H](CC(=O)OC(C)(C)C(C)(F)F)C(=O)N3C2)n1. The van der Waals surface area contributed by atoms with E-state index in [0.29, 0.717) is 54.8 Å². The molecule has 60 heavy (non-hydrogen) atoms. The van der Waals surface area contributed by atoms with Crippen molar-refractivity contribution in [2.24, 2.45) is 29.1 Å². The minimum absolute atomic E-state index is 0.0187. The molecule has 0 bridgehead atoms. The monoisotopic (exact) mass is 877 g/mol. The molecule has 2 amide bonds. The third-order valence-corrected chi connectivity index (χ3v) is 15.5. The molecule has 1 N–H and O–H groups in total. The second kappa shape index (κ2) is 16.8. The molecule has 2 aliphatic carbocycles. The smallest absolute Gasteiger partial charge is 0.307 e. The first kappa shape index (κ1) is 45.7. The Morgan fingerprint density at radius 2 is 1.80 bits per heavy atom. The number of ketones is 1. The summed E-state index contributed by atoms with van der Waals surface area (Å²) in [5, 5.41) is 1.60. The Bertz CT molecular complexity index is 2150. The standard InChI is InChI=1S/C44H58ClF2N3O9S/c1-25(2)57-36-20-32-30(14-11-15-33(32)45)38(48-36)58-29-19-34-35(51)23-44(40(54)49-60(55,56)42(7)16-17-42)22-28(44)13-10-9-12-26(3)18-27(4)31(39(53)50(34)24-29)21-37(52)59-41(5,6)43(8,46)47/h10-11,13-15,20,25-29,31,34H,9,12,16-19,21-24H2,1-8H3,(H,49,54)/b13-10-/t26-,27-,28-,29-,31+,34+,44-/m1/s1. The van der Waals surface area contributed by atoms with Crippen LogP contribution >= 0.6 is 11.6 Å². The first-order valence-electron chi connectivity index (χ1n) is 21.0. The van der Waals surface area contributed by atoms with E-state index in [4.69, 9.17) is 25.8 Å². The van der Waals surface area contributed by atoms with Crippen LogP contribution in [0.5, 0.6) is 11.8 Å². The number of ether oxygens (including phenoxy) is 3. The number of allylic oxidation sites excluding steroid dienone is 2. The van der Waals surface area contributed by atoms with Crippen molar-refractivity contribution in [3.63, 3.8) is 0 Å². The van der Waals surface area contributed by atoms with E-state index in [1.54, 1.807) is 31.2 Å². The predicted molar refractivity (Wildman–Crippen MR) is 222 cm³/mol. The highest BCUT2D eigenvalue weighted by Crippen LogP contribution is 2.58. The molecule has 2 aliphatic heterocycles. The lowest BCUT2D eigenvalue weighted by Gasteiger charge is -2.34. The molecule has 2 aromatic rings. The number of carbonyl (C=O) groups is 4. The summed E-state index contributed by atoms with van der Waals surface area (Å²) in [7, 11) is -4.02. The highest BCUT2D eigenvalue weighted by Gasteiger charge is 2.63. The molecule has 3 fully saturated rings. The van der Waals surface area contributed by atoms with Crippen molar-refractivity contribution in [2.45, 2.75) is 148 Å². The van der Waals surface area contributed by atoms with Gasteiger partial charge in [-0.1, -0.05) is 43.7 Å². The molecule has 1 aromatic carbocycles. The van der Waals surface area contributed by atoms with Gasteiger partial charge in [0, 0.05) is 41.6 Å². The highest BCUT2D eigenvalue weighted by atomic mass is 35.5. The van der Waals surface area contributed by atoms with E-state index in [0.717, 1.165) is 13.8 Å². The number of aromatic nitrogens is 1. The van der Waals surface area contributed by atoms with Crippen LogP contribution in [0.25, 0.3) is 10.8 Å². The van der Waals surface area contributed by atoms with Gasteiger partial charge in [0.05, 0.1) is 41.2 Å². The Morgan fingerprint density at radius 3 is 2.45 bits per heavy atom. The molecule has 16 heteroatoms. The van der Waals surface area contributed by atoms with Crippen LogP contribution < -0.4 is 14.2 Å². The van der Waals surface area contributed by atoms with Crippen LogP contribution in [0.1, 0.15) is 113 Å². The summed E-state index contributed by atoms with van der Waals surface area (Å²) in [4.78, 5) is 63.3. The number of benzene rings is 1. The Hall–Kier alpha value is -3.85. The maximum atomic E-state index is 15.0. The fourth-order valence-electron chi connectivity index (χ4n) is 8.42. The van der Waals surface area contributed by atoms with Crippen LogP contribution in [-0.4, -0.2) is 82.9 Å². The van der Waals surface area contributed by atoms with Crippen LogP contribution in [-0.2, 0) is 33.9 Å². The topological polar surface area (TPSA) is 158 Å². The lowest BCUT2D eigenvalue weighted by Crippen LogP contribution is -2.49. The van der Waals surface area contributed by atoms with E-state index in [1.165, 1.54) is 4.90 Å². The van der Waals surface area contributed by atoms with Crippen LogP contribution in [0.15, 0.2) is 36.4 Å². The number of halogens is 3. The van der Waals surface area contributed by atoms with Gasteiger partial charge >= 0.3 is 5.97 Å². The summed E-state index contributed by atoms with van der Waals surface area (Å²) >= 11 is 6.60. The van der Waals surface area contributed by atoms with Gasteiger partial charge in [0.2, 0.25) is 33.6 Å². The lowest BCUT2D eigenvalue weighted by atomic mass is 9.82. The third-order valence-electron chi connectivity index (χ3n) is 13.0. The number of esters is 1.